The number of fused-ring (bicyclic) bond motifs is 1. The molecule has 8 heteroatoms. The topological polar surface area (TPSA) is 86.7 Å². The van der Waals surface area contributed by atoms with Crippen molar-refractivity contribution in [3.63, 3.8) is 0 Å². The van der Waals surface area contributed by atoms with Crippen LogP contribution in [0.3, 0.4) is 0 Å². The van der Waals surface area contributed by atoms with Gasteiger partial charge >= 0.3 is 0 Å². The number of halogens is 1. The lowest BCUT2D eigenvalue weighted by molar-refractivity contribution is -0.115. The highest BCUT2D eigenvalue weighted by Crippen LogP contribution is 2.33. The van der Waals surface area contributed by atoms with Gasteiger partial charge in [0, 0.05) is 18.8 Å². The fraction of sp³-hybridized carbons (Fsp3) is 0.308. The summed E-state index contributed by atoms with van der Waals surface area (Å²) < 4.78 is 26.3. The molecule has 0 saturated carbocycles. The number of carbonyl (C=O) groups is 1. The number of hydrogen-bond donors (Lipinski definition) is 2. The Labute approximate surface area is 128 Å². The molecule has 114 valence electrons. The van der Waals surface area contributed by atoms with Crippen molar-refractivity contribution in [3.05, 3.63) is 35.4 Å². The maximum absolute atomic E-state index is 12.6. The molecule has 0 aromatic heterocycles. The zero-order valence-corrected chi connectivity index (χ0v) is 12.7. The van der Waals surface area contributed by atoms with Crippen LogP contribution in [0, 0.1) is 0 Å². The summed E-state index contributed by atoms with van der Waals surface area (Å²) in [6.45, 7) is 3.20. The number of sulfonamides is 1. The largest absolute Gasteiger partial charge is 0.395 e. The van der Waals surface area contributed by atoms with Gasteiger partial charge in [0.15, 0.2) is 0 Å². The lowest BCUT2D eigenvalue weighted by Gasteiger charge is -2.20. The van der Waals surface area contributed by atoms with Crippen LogP contribution in [0.15, 0.2) is 29.7 Å². The predicted molar refractivity (Wildman–Crippen MR) is 79.8 cm³/mol. The van der Waals surface area contributed by atoms with Crippen LogP contribution in [-0.4, -0.2) is 43.4 Å². The molecule has 21 heavy (non-hydrogen) atoms. The number of rotatable bonds is 6. The van der Waals surface area contributed by atoms with Crippen LogP contribution in [0.4, 0.5) is 5.69 Å². The van der Waals surface area contributed by atoms with Crippen molar-refractivity contribution in [2.75, 3.05) is 25.0 Å². The molecule has 1 aliphatic rings. The Morgan fingerprint density at radius 2 is 2.19 bits per heavy atom. The van der Waals surface area contributed by atoms with Crippen LogP contribution < -0.4 is 5.32 Å². The van der Waals surface area contributed by atoms with E-state index in [2.05, 4.69) is 11.9 Å². The second-order valence-corrected chi connectivity index (χ2v) is 6.85. The summed E-state index contributed by atoms with van der Waals surface area (Å²) in [4.78, 5) is 11.3. The summed E-state index contributed by atoms with van der Waals surface area (Å²) >= 11 is 6.04. The molecule has 0 radical (unpaired) electrons. The van der Waals surface area contributed by atoms with Gasteiger partial charge in [0.1, 0.15) is 4.90 Å². The first-order valence-electron chi connectivity index (χ1n) is 6.24. The number of carbonyl (C=O) groups excluding carboxylic acids is 1. The van der Waals surface area contributed by atoms with E-state index in [4.69, 9.17) is 16.7 Å². The first-order valence-corrected chi connectivity index (χ1v) is 8.06. The van der Waals surface area contributed by atoms with E-state index in [0.29, 0.717) is 11.3 Å². The monoisotopic (exact) mass is 330 g/mol. The van der Waals surface area contributed by atoms with E-state index in [-0.39, 0.29) is 41.9 Å². The molecule has 0 unspecified atom stereocenters. The quantitative estimate of drug-likeness (QED) is 0.762. The number of hydrogen-bond acceptors (Lipinski definition) is 4. The van der Waals surface area contributed by atoms with E-state index in [1.54, 1.807) is 0 Å². The van der Waals surface area contributed by atoms with Gasteiger partial charge in [-0.25, -0.2) is 8.42 Å². The molecular weight excluding hydrogens is 316 g/mol. The zero-order valence-electron chi connectivity index (χ0n) is 11.2. The van der Waals surface area contributed by atoms with Crippen LogP contribution in [0.25, 0.3) is 0 Å². The highest BCUT2D eigenvalue weighted by Gasteiger charge is 2.29. The Balaban J connectivity index is 2.47. The summed E-state index contributed by atoms with van der Waals surface area (Å²) in [6.07, 6.45) is 1.55. The summed E-state index contributed by atoms with van der Waals surface area (Å²) in [7, 11) is -3.86. The molecule has 2 N–H and O–H groups in total. The minimum absolute atomic E-state index is 0.0305. The van der Waals surface area contributed by atoms with Crippen LogP contribution >= 0.6 is 11.6 Å². The van der Waals surface area contributed by atoms with Crippen molar-refractivity contribution in [2.24, 2.45) is 0 Å². The van der Waals surface area contributed by atoms with Crippen LogP contribution in [0.1, 0.15) is 5.56 Å². The van der Waals surface area contributed by atoms with Gasteiger partial charge in [-0.2, -0.15) is 4.31 Å². The van der Waals surface area contributed by atoms with Crippen LogP contribution in [0.2, 0.25) is 5.02 Å². The Bertz CT molecular complexity index is 688. The molecule has 1 amide bonds. The SMILES string of the molecule is C=CCN(CCO)S(=O)(=O)c1cc2c(cc1Cl)NC(=O)C2. The van der Waals surface area contributed by atoms with Crippen molar-refractivity contribution in [3.8, 4) is 0 Å². The number of aliphatic hydroxyl groups excluding tert-OH is 1. The number of nitrogens with zero attached hydrogens (tertiary/aromatic N) is 1. The maximum Gasteiger partial charge on any atom is 0.244 e. The van der Waals surface area contributed by atoms with Gasteiger partial charge in [0.25, 0.3) is 0 Å². The lowest BCUT2D eigenvalue weighted by Crippen LogP contribution is -2.34. The highest BCUT2D eigenvalue weighted by molar-refractivity contribution is 7.89. The second kappa shape index (κ2) is 6.15. The van der Waals surface area contributed by atoms with E-state index in [1.807, 2.05) is 0 Å². The first kappa shape index (κ1) is 16.0. The minimum Gasteiger partial charge on any atom is -0.395 e. The minimum atomic E-state index is -3.86. The second-order valence-electron chi connectivity index (χ2n) is 4.54. The van der Waals surface area contributed by atoms with Gasteiger partial charge in [-0.05, 0) is 17.7 Å². The standard InChI is InChI=1S/C13H15ClN2O4S/c1-2-3-16(4-5-17)21(19,20)12-6-9-7-13(18)15-11(9)8-10(12)14/h2,6,8,17H,1,3-5,7H2,(H,15,18). The smallest absolute Gasteiger partial charge is 0.244 e. The van der Waals surface area contributed by atoms with Gasteiger partial charge in [-0.15, -0.1) is 6.58 Å². The molecule has 0 saturated heterocycles. The average Bonchev–Trinajstić information content (AvgIpc) is 2.76. The van der Waals surface area contributed by atoms with Crippen LogP contribution in [-0.2, 0) is 21.2 Å². The van der Waals surface area contributed by atoms with E-state index in [9.17, 15) is 13.2 Å². The Hall–Kier alpha value is -1.41. The predicted octanol–water partition coefficient (Wildman–Crippen LogP) is 1.00. The molecule has 1 aromatic rings. The highest BCUT2D eigenvalue weighted by atomic mass is 35.5. The molecule has 2 rings (SSSR count). The normalized spacial score (nSPS) is 14.1. The molecule has 1 heterocycles. The molecule has 0 spiro atoms. The molecular formula is C13H15ClN2O4S. The molecule has 1 aliphatic heterocycles. The number of nitrogens with one attached hydrogen (secondary N) is 1. The molecule has 1 aromatic carbocycles. The molecule has 6 nitrogen and oxygen atoms in total. The fourth-order valence-corrected chi connectivity index (χ4v) is 4.08. The average molecular weight is 331 g/mol. The third-order valence-corrected chi connectivity index (χ3v) is 5.41. The molecule has 0 fully saturated rings. The van der Waals surface area contributed by atoms with Gasteiger partial charge < -0.3 is 10.4 Å². The maximum atomic E-state index is 12.6. The van der Waals surface area contributed by atoms with Crippen molar-refractivity contribution in [1.29, 1.82) is 0 Å². The first-order chi connectivity index (χ1) is 9.90. The van der Waals surface area contributed by atoms with E-state index in [1.165, 1.54) is 18.2 Å². The third-order valence-electron chi connectivity index (χ3n) is 3.08. The number of amides is 1. The third kappa shape index (κ3) is 3.11. The van der Waals surface area contributed by atoms with E-state index < -0.39 is 10.0 Å². The molecule has 0 atom stereocenters. The van der Waals surface area contributed by atoms with Crippen LogP contribution in [0.5, 0.6) is 0 Å². The summed E-state index contributed by atoms with van der Waals surface area (Å²) in [6, 6.07) is 2.83. The van der Waals surface area contributed by atoms with Gasteiger partial charge in [0.05, 0.1) is 18.1 Å². The van der Waals surface area contributed by atoms with Gasteiger partial charge in [-0.3, -0.25) is 4.79 Å². The lowest BCUT2D eigenvalue weighted by atomic mass is 10.2. The zero-order chi connectivity index (χ0) is 15.6. The van der Waals surface area contributed by atoms with Gasteiger partial charge in [0.2, 0.25) is 15.9 Å². The molecule has 0 aliphatic carbocycles. The molecule has 0 bridgehead atoms. The van der Waals surface area contributed by atoms with Gasteiger partial charge in [-0.1, -0.05) is 17.7 Å². The fourth-order valence-electron chi connectivity index (χ4n) is 2.13. The number of anilines is 1. The Morgan fingerprint density at radius 3 is 2.81 bits per heavy atom. The van der Waals surface area contributed by atoms with Crippen molar-refractivity contribution in [1.82, 2.24) is 4.31 Å². The number of aliphatic hydroxyl groups is 1. The van der Waals surface area contributed by atoms with Crippen molar-refractivity contribution >= 4 is 33.2 Å². The summed E-state index contributed by atoms with van der Waals surface area (Å²) in [5.41, 5.74) is 1.12. The summed E-state index contributed by atoms with van der Waals surface area (Å²) in [5, 5.41) is 11.6. The van der Waals surface area contributed by atoms with Crippen molar-refractivity contribution < 1.29 is 18.3 Å². The summed E-state index contributed by atoms with van der Waals surface area (Å²) in [5.74, 6) is -0.200. The Morgan fingerprint density at radius 1 is 1.48 bits per heavy atom. The van der Waals surface area contributed by atoms with E-state index in [0.717, 1.165) is 4.31 Å². The van der Waals surface area contributed by atoms with Crippen molar-refractivity contribution in [2.45, 2.75) is 11.3 Å². The number of benzene rings is 1. The Kier molecular flexibility index (Phi) is 4.67. The van der Waals surface area contributed by atoms with E-state index >= 15 is 0 Å².